The minimum absolute atomic E-state index is 0.0402. The molecule has 4 nitrogen and oxygen atoms in total. The molecule has 18 heavy (non-hydrogen) atoms. The van der Waals surface area contributed by atoms with E-state index in [-0.39, 0.29) is 5.91 Å². The third-order valence-corrected chi connectivity index (χ3v) is 3.16. The Bertz CT molecular complexity index is 572. The number of hydrogen-bond donors (Lipinski definition) is 2. The van der Waals surface area contributed by atoms with Crippen molar-refractivity contribution >= 4 is 16.8 Å². The third kappa shape index (κ3) is 2.24. The molecule has 0 unspecified atom stereocenters. The van der Waals surface area contributed by atoms with Crippen molar-refractivity contribution in [1.82, 2.24) is 9.88 Å². The van der Waals surface area contributed by atoms with Gasteiger partial charge in [0.2, 0.25) is 0 Å². The molecule has 2 rings (SSSR count). The molecule has 0 aliphatic rings. The van der Waals surface area contributed by atoms with Crippen LogP contribution >= 0.6 is 0 Å². The average molecular weight is 245 g/mol. The maximum Gasteiger partial charge on any atom is 0.267 e. The highest BCUT2D eigenvalue weighted by Gasteiger charge is 2.13. The van der Waals surface area contributed by atoms with Crippen LogP contribution in [0.5, 0.6) is 0 Å². The van der Waals surface area contributed by atoms with Crippen molar-refractivity contribution in [2.75, 3.05) is 13.1 Å². The van der Waals surface area contributed by atoms with E-state index >= 15 is 0 Å². The second-order valence-corrected chi connectivity index (χ2v) is 4.50. The lowest BCUT2D eigenvalue weighted by atomic mass is 10.2. The topological polar surface area (TPSA) is 60.1 Å². The first-order valence-electron chi connectivity index (χ1n) is 6.18. The van der Waals surface area contributed by atoms with E-state index in [2.05, 4.69) is 18.3 Å². The number of fused-ring (bicyclic) bond motifs is 1. The van der Waals surface area contributed by atoms with Crippen molar-refractivity contribution < 1.29 is 4.79 Å². The van der Waals surface area contributed by atoms with Gasteiger partial charge in [0.05, 0.1) is 5.52 Å². The number of hydrogen-bond acceptors (Lipinski definition) is 2. The highest BCUT2D eigenvalue weighted by molar-refractivity contribution is 5.99. The second-order valence-electron chi connectivity index (χ2n) is 4.50. The molecule has 3 N–H and O–H groups in total. The summed E-state index contributed by atoms with van der Waals surface area (Å²) in [5, 5.41) is 3.98. The van der Waals surface area contributed by atoms with Crippen LogP contribution in [0.2, 0.25) is 0 Å². The molecule has 0 aliphatic heterocycles. The van der Waals surface area contributed by atoms with Gasteiger partial charge >= 0.3 is 0 Å². The summed E-state index contributed by atoms with van der Waals surface area (Å²) in [6, 6.07) is 8.02. The van der Waals surface area contributed by atoms with Crippen LogP contribution in [0.3, 0.4) is 0 Å². The zero-order valence-electron chi connectivity index (χ0n) is 10.9. The molecule has 1 aromatic carbocycles. The largest absolute Gasteiger partial charge is 0.351 e. The van der Waals surface area contributed by atoms with Crippen molar-refractivity contribution in [2.45, 2.75) is 13.3 Å². The summed E-state index contributed by atoms with van der Waals surface area (Å²) in [6.07, 6.45) is 0.800. The Morgan fingerprint density at radius 3 is 2.89 bits per heavy atom. The van der Waals surface area contributed by atoms with Gasteiger partial charge in [-0.1, -0.05) is 18.2 Å². The van der Waals surface area contributed by atoms with Gasteiger partial charge in [-0.3, -0.25) is 4.79 Å². The fourth-order valence-corrected chi connectivity index (χ4v) is 2.23. The summed E-state index contributed by atoms with van der Waals surface area (Å²) >= 11 is 0. The van der Waals surface area contributed by atoms with Gasteiger partial charge in [0.15, 0.2) is 0 Å². The Hall–Kier alpha value is -1.81. The first-order valence-corrected chi connectivity index (χ1v) is 6.18. The maximum atomic E-state index is 12.0. The molecule has 0 aliphatic carbocycles. The summed E-state index contributed by atoms with van der Waals surface area (Å²) < 4.78 is 1.95. The van der Waals surface area contributed by atoms with Crippen LogP contribution in [0.15, 0.2) is 24.3 Å². The molecule has 0 fully saturated rings. The monoisotopic (exact) mass is 245 g/mol. The smallest absolute Gasteiger partial charge is 0.267 e. The average Bonchev–Trinajstić information content (AvgIpc) is 2.68. The third-order valence-electron chi connectivity index (χ3n) is 3.16. The number of benzene rings is 1. The summed E-state index contributed by atoms with van der Waals surface area (Å²) in [6.45, 7) is 3.27. The fourth-order valence-electron chi connectivity index (χ4n) is 2.23. The van der Waals surface area contributed by atoms with Crippen LogP contribution < -0.4 is 11.1 Å². The van der Waals surface area contributed by atoms with E-state index in [1.165, 1.54) is 5.56 Å². The zero-order valence-corrected chi connectivity index (χ0v) is 10.9. The molecule has 0 saturated heterocycles. The minimum atomic E-state index is -0.0402. The van der Waals surface area contributed by atoms with Gasteiger partial charge in [0.25, 0.3) is 5.91 Å². The van der Waals surface area contributed by atoms with Gasteiger partial charge < -0.3 is 15.6 Å². The summed E-state index contributed by atoms with van der Waals surface area (Å²) in [4.78, 5) is 12.0. The zero-order chi connectivity index (χ0) is 13.1. The molecule has 0 atom stereocenters. The van der Waals surface area contributed by atoms with Crippen LogP contribution in [0.1, 0.15) is 22.5 Å². The molecule has 0 saturated carbocycles. The van der Waals surface area contributed by atoms with Gasteiger partial charge in [-0.15, -0.1) is 0 Å². The molecular formula is C14H19N3O. The minimum Gasteiger partial charge on any atom is -0.351 e. The van der Waals surface area contributed by atoms with Crippen LogP contribution in [-0.2, 0) is 7.05 Å². The van der Waals surface area contributed by atoms with Gasteiger partial charge in [-0.25, -0.2) is 0 Å². The van der Waals surface area contributed by atoms with E-state index in [0.717, 1.165) is 17.3 Å². The number of carbonyl (C=O) groups excluding carboxylic acids is 1. The highest BCUT2D eigenvalue weighted by Crippen LogP contribution is 2.21. The number of nitrogens with zero attached hydrogens (tertiary/aromatic N) is 1. The van der Waals surface area contributed by atoms with Crippen LogP contribution in [0.4, 0.5) is 0 Å². The molecule has 0 spiro atoms. The van der Waals surface area contributed by atoms with E-state index in [4.69, 9.17) is 5.73 Å². The Morgan fingerprint density at radius 1 is 1.44 bits per heavy atom. The lowest BCUT2D eigenvalue weighted by Crippen LogP contribution is -2.27. The Morgan fingerprint density at radius 2 is 2.22 bits per heavy atom. The van der Waals surface area contributed by atoms with E-state index in [9.17, 15) is 4.79 Å². The fraction of sp³-hybridized carbons (Fsp3) is 0.357. The number of nitrogens with one attached hydrogen (secondary N) is 1. The normalized spacial score (nSPS) is 10.8. The molecule has 0 bridgehead atoms. The SMILES string of the molecule is Cc1cccc2cc(C(=O)NCCCN)n(C)c12. The molecule has 96 valence electrons. The van der Waals surface area contributed by atoms with E-state index < -0.39 is 0 Å². The van der Waals surface area contributed by atoms with E-state index in [1.807, 2.05) is 29.8 Å². The molecule has 2 aromatic rings. The lowest BCUT2D eigenvalue weighted by Gasteiger charge is -2.06. The number of para-hydroxylation sites is 1. The van der Waals surface area contributed by atoms with Gasteiger partial charge in [0.1, 0.15) is 5.69 Å². The first-order chi connectivity index (χ1) is 8.65. The van der Waals surface area contributed by atoms with E-state index in [0.29, 0.717) is 18.8 Å². The quantitative estimate of drug-likeness (QED) is 0.803. The molecule has 1 amide bonds. The molecule has 0 radical (unpaired) electrons. The molecular weight excluding hydrogens is 226 g/mol. The molecule has 1 aromatic heterocycles. The lowest BCUT2D eigenvalue weighted by molar-refractivity contribution is 0.0946. The Labute approximate surface area is 107 Å². The maximum absolute atomic E-state index is 12.0. The first kappa shape index (κ1) is 12.6. The van der Waals surface area contributed by atoms with Crippen molar-refractivity contribution in [2.24, 2.45) is 12.8 Å². The van der Waals surface area contributed by atoms with Crippen LogP contribution in [0, 0.1) is 6.92 Å². The molecule has 1 heterocycles. The Kier molecular flexibility index (Phi) is 3.67. The summed E-state index contributed by atoms with van der Waals surface area (Å²) in [5.74, 6) is -0.0402. The van der Waals surface area contributed by atoms with Crippen molar-refractivity contribution in [3.63, 3.8) is 0 Å². The number of rotatable bonds is 4. The van der Waals surface area contributed by atoms with Crippen molar-refractivity contribution in [3.05, 3.63) is 35.5 Å². The summed E-state index contributed by atoms with van der Waals surface area (Å²) in [5.41, 5.74) is 8.39. The van der Waals surface area contributed by atoms with Crippen LogP contribution in [0.25, 0.3) is 10.9 Å². The number of aryl methyl sites for hydroxylation is 2. The highest BCUT2D eigenvalue weighted by atomic mass is 16.1. The van der Waals surface area contributed by atoms with Crippen LogP contribution in [-0.4, -0.2) is 23.6 Å². The predicted octanol–water partition coefficient (Wildman–Crippen LogP) is 1.57. The van der Waals surface area contributed by atoms with Gasteiger partial charge in [-0.05, 0) is 31.5 Å². The van der Waals surface area contributed by atoms with Gasteiger partial charge in [-0.2, -0.15) is 0 Å². The number of aromatic nitrogens is 1. The van der Waals surface area contributed by atoms with Crippen molar-refractivity contribution in [3.8, 4) is 0 Å². The predicted molar refractivity (Wildman–Crippen MR) is 73.7 cm³/mol. The van der Waals surface area contributed by atoms with Crippen molar-refractivity contribution in [1.29, 1.82) is 0 Å². The number of amides is 1. The Balaban J connectivity index is 2.31. The summed E-state index contributed by atoms with van der Waals surface area (Å²) in [7, 11) is 1.92. The number of nitrogens with two attached hydrogens (primary N) is 1. The van der Waals surface area contributed by atoms with E-state index in [1.54, 1.807) is 0 Å². The standard InChI is InChI=1S/C14H19N3O/c1-10-5-3-6-11-9-12(17(2)13(10)11)14(18)16-8-4-7-15/h3,5-6,9H,4,7-8,15H2,1-2H3,(H,16,18). The second kappa shape index (κ2) is 5.23. The number of carbonyl (C=O) groups is 1. The van der Waals surface area contributed by atoms with Gasteiger partial charge in [0, 0.05) is 19.0 Å². The molecule has 4 heteroatoms.